The molecule has 0 saturated carbocycles. The van der Waals surface area contributed by atoms with Crippen molar-refractivity contribution in [1.29, 1.82) is 0 Å². The number of rotatable bonds is 7. The average molecular weight is 369 g/mol. The standard InChI is InChI=1S/C21H23NO5/c1-14-5-6-15(2)18(11-14)22-20(23)13-27-21(24)10-8-16-7-9-17(25-3)12-19(16)26-4/h5-12H,13H2,1-4H3,(H,22,23)/b10-8+. The van der Waals surface area contributed by atoms with E-state index in [4.69, 9.17) is 14.2 Å². The molecule has 0 fully saturated rings. The lowest BCUT2D eigenvalue weighted by Crippen LogP contribution is -2.20. The van der Waals surface area contributed by atoms with Crippen molar-refractivity contribution >= 4 is 23.6 Å². The lowest BCUT2D eigenvalue weighted by molar-refractivity contribution is -0.142. The van der Waals surface area contributed by atoms with E-state index < -0.39 is 11.9 Å². The van der Waals surface area contributed by atoms with Crippen LogP contribution in [-0.2, 0) is 14.3 Å². The molecule has 0 unspecified atom stereocenters. The van der Waals surface area contributed by atoms with E-state index in [1.54, 1.807) is 31.4 Å². The summed E-state index contributed by atoms with van der Waals surface area (Å²) in [6.45, 7) is 3.47. The van der Waals surface area contributed by atoms with Gasteiger partial charge in [0.2, 0.25) is 0 Å². The van der Waals surface area contributed by atoms with Gasteiger partial charge in [0.1, 0.15) is 11.5 Å². The van der Waals surface area contributed by atoms with Gasteiger partial charge in [0.15, 0.2) is 6.61 Å². The number of esters is 1. The second-order valence-corrected chi connectivity index (χ2v) is 5.92. The Morgan fingerprint density at radius 3 is 2.52 bits per heavy atom. The summed E-state index contributed by atoms with van der Waals surface area (Å²) in [5.41, 5.74) is 3.36. The largest absolute Gasteiger partial charge is 0.497 e. The monoisotopic (exact) mass is 369 g/mol. The molecule has 2 aromatic rings. The van der Waals surface area contributed by atoms with Gasteiger partial charge in [0, 0.05) is 23.4 Å². The minimum Gasteiger partial charge on any atom is -0.497 e. The van der Waals surface area contributed by atoms with E-state index in [0.717, 1.165) is 11.1 Å². The molecular formula is C21H23NO5. The lowest BCUT2D eigenvalue weighted by atomic mass is 10.1. The highest BCUT2D eigenvalue weighted by molar-refractivity contribution is 5.95. The fourth-order valence-electron chi connectivity index (χ4n) is 2.36. The highest BCUT2D eigenvalue weighted by atomic mass is 16.5. The molecule has 2 rings (SSSR count). The van der Waals surface area contributed by atoms with Crippen LogP contribution in [0.2, 0.25) is 0 Å². The van der Waals surface area contributed by atoms with Crippen molar-refractivity contribution in [3.63, 3.8) is 0 Å². The summed E-state index contributed by atoms with van der Waals surface area (Å²) in [5.74, 6) is 0.192. The Labute approximate surface area is 158 Å². The zero-order valence-electron chi connectivity index (χ0n) is 15.9. The Morgan fingerprint density at radius 2 is 1.81 bits per heavy atom. The lowest BCUT2D eigenvalue weighted by Gasteiger charge is -2.09. The summed E-state index contributed by atoms with van der Waals surface area (Å²) in [5, 5.41) is 2.74. The molecule has 1 amide bonds. The molecule has 0 spiro atoms. The van der Waals surface area contributed by atoms with E-state index in [1.165, 1.54) is 13.2 Å². The van der Waals surface area contributed by atoms with E-state index in [0.29, 0.717) is 22.7 Å². The molecule has 6 nitrogen and oxygen atoms in total. The Hall–Kier alpha value is -3.28. The summed E-state index contributed by atoms with van der Waals surface area (Å²) >= 11 is 0. The summed E-state index contributed by atoms with van der Waals surface area (Å²) < 4.78 is 15.4. The van der Waals surface area contributed by atoms with Gasteiger partial charge in [0.25, 0.3) is 5.91 Å². The number of hydrogen-bond donors (Lipinski definition) is 1. The van der Waals surface area contributed by atoms with Gasteiger partial charge in [0.05, 0.1) is 14.2 Å². The summed E-state index contributed by atoms with van der Waals surface area (Å²) in [7, 11) is 3.09. The molecule has 27 heavy (non-hydrogen) atoms. The third-order valence-corrected chi connectivity index (χ3v) is 3.85. The summed E-state index contributed by atoms with van der Waals surface area (Å²) in [6, 6.07) is 11.0. The van der Waals surface area contributed by atoms with Gasteiger partial charge < -0.3 is 19.5 Å². The SMILES string of the molecule is COc1ccc(/C=C/C(=O)OCC(=O)Nc2cc(C)ccc2C)c(OC)c1. The van der Waals surface area contributed by atoms with Crippen LogP contribution < -0.4 is 14.8 Å². The minimum atomic E-state index is -0.621. The average Bonchev–Trinajstić information content (AvgIpc) is 2.67. The molecule has 0 saturated heterocycles. The highest BCUT2D eigenvalue weighted by Crippen LogP contribution is 2.25. The molecule has 2 aromatic carbocycles. The van der Waals surface area contributed by atoms with Crippen LogP contribution >= 0.6 is 0 Å². The third kappa shape index (κ3) is 5.88. The van der Waals surface area contributed by atoms with Crippen LogP contribution in [0.1, 0.15) is 16.7 Å². The van der Waals surface area contributed by atoms with Gasteiger partial charge >= 0.3 is 5.97 Å². The second-order valence-electron chi connectivity index (χ2n) is 5.92. The number of methoxy groups -OCH3 is 2. The molecule has 0 aliphatic carbocycles. The first-order valence-electron chi connectivity index (χ1n) is 8.37. The van der Waals surface area contributed by atoms with Crippen LogP contribution in [0.4, 0.5) is 5.69 Å². The second kappa shape index (κ2) is 9.43. The smallest absolute Gasteiger partial charge is 0.331 e. The maximum absolute atomic E-state index is 12.0. The number of ether oxygens (including phenoxy) is 3. The van der Waals surface area contributed by atoms with Crippen LogP contribution in [0.15, 0.2) is 42.5 Å². The molecule has 1 N–H and O–H groups in total. The van der Waals surface area contributed by atoms with E-state index in [1.807, 2.05) is 32.0 Å². The predicted octanol–water partition coefficient (Wildman–Crippen LogP) is 3.52. The molecule has 142 valence electrons. The van der Waals surface area contributed by atoms with Gasteiger partial charge in [-0.1, -0.05) is 12.1 Å². The van der Waals surface area contributed by atoms with Gasteiger partial charge in [-0.3, -0.25) is 4.79 Å². The number of anilines is 1. The fraction of sp³-hybridized carbons (Fsp3) is 0.238. The summed E-state index contributed by atoms with van der Waals surface area (Å²) in [4.78, 5) is 23.8. The molecule has 0 bridgehead atoms. The Kier molecular flexibility index (Phi) is 7.00. The van der Waals surface area contributed by atoms with Crippen LogP contribution in [0.5, 0.6) is 11.5 Å². The highest BCUT2D eigenvalue weighted by Gasteiger charge is 2.08. The van der Waals surface area contributed by atoms with E-state index in [2.05, 4.69) is 5.32 Å². The molecule has 0 radical (unpaired) electrons. The molecule has 0 aromatic heterocycles. The number of hydrogen-bond acceptors (Lipinski definition) is 5. The Morgan fingerprint density at radius 1 is 1.04 bits per heavy atom. The van der Waals surface area contributed by atoms with E-state index >= 15 is 0 Å². The summed E-state index contributed by atoms with van der Waals surface area (Å²) in [6.07, 6.45) is 2.80. The van der Waals surface area contributed by atoms with Crippen molar-refractivity contribution in [3.05, 3.63) is 59.2 Å². The zero-order chi connectivity index (χ0) is 19.8. The molecule has 0 heterocycles. The molecule has 0 atom stereocenters. The molecule has 0 aliphatic rings. The maximum Gasteiger partial charge on any atom is 0.331 e. The molecule has 0 aliphatic heterocycles. The third-order valence-electron chi connectivity index (χ3n) is 3.85. The number of carbonyl (C=O) groups is 2. The van der Waals surface area contributed by atoms with Crippen molar-refractivity contribution in [2.75, 3.05) is 26.1 Å². The molecular weight excluding hydrogens is 346 g/mol. The minimum absolute atomic E-state index is 0.365. The number of aryl methyl sites for hydroxylation is 2. The van der Waals surface area contributed by atoms with Gasteiger partial charge in [-0.25, -0.2) is 4.79 Å². The van der Waals surface area contributed by atoms with Crippen molar-refractivity contribution < 1.29 is 23.8 Å². The number of carbonyl (C=O) groups excluding carboxylic acids is 2. The van der Waals surface area contributed by atoms with Crippen molar-refractivity contribution in [2.24, 2.45) is 0 Å². The van der Waals surface area contributed by atoms with Crippen LogP contribution in [-0.4, -0.2) is 32.7 Å². The first kappa shape index (κ1) is 20.0. The predicted molar refractivity (Wildman–Crippen MR) is 104 cm³/mol. The van der Waals surface area contributed by atoms with Crippen molar-refractivity contribution in [3.8, 4) is 11.5 Å². The van der Waals surface area contributed by atoms with E-state index in [-0.39, 0.29) is 6.61 Å². The maximum atomic E-state index is 12.0. The number of nitrogens with one attached hydrogen (secondary N) is 1. The first-order chi connectivity index (χ1) is 12.9. The fourth-order valence-corrected chi connectivity index (χ4v) is 2.36. The topological polar surface area (TPSA) is 73.9 Å². The van der Waals surface area contributed by atoms with Gasteiger partial charge in [-0.2, -0.15) is 0 Å². The van der Waals surface area contributed by atoms with Gasteiger partial charge in [-0.15, -0.1) is 0 Å². The van der Waals surface area contributed by atoms with Crippen LogP contribution in [0.25, 0.3) is 6.08 Å². The normalized spacial score (nSPS) is 10.5. The van der Waals surface area contributed by atoms with E-state index in [9.17, 15) is 9.59 Å². The quantitative estimate of drug-likeness (QED) is 0.597. The Bertz CT molecular complexity index is 858. The van der Waals surface area contributed by atoms with Gasteiger partial charge in [-0.05, 0) is 49.2 Å². The zero-order valence-corrected chi connectivity index (χ0v) is 15.9. The molecule has 6 heteroatoms. The number of amides is 1. The van der Waals surface area contributed by atoms with Crippen molar-refractivity contribution in [2.45, 2.75) is 13.8 Å². The number of benzene rings is 2. The first-order valence-corrected chi connectivity index (χ1v) is 8.37. The van der Waals surface area contributed by atoms with Crippen LogP contribution in [0, 0.1) is 13.8 Å². The van der Waals surface area contributed by atoms with Crippen molar-refractivity contribution in [1.82, 2.24) is 0 Å². The van der Waals surface area contributed by atoms with Crippen LogP contribution in [0.3, 0.4) is 0 Å². The Balaban J connectivity index is 1.91.